The van der Waals surface area contributed by atoms with E-state index in [1.807, 2.05) is 31.2 Å². The number of aliphatic hydroxyl groups is 1. The fourth-order valence-corrected chi connectivity index (χ4v) is 3.75. The molecule has 7 heteroatoms. The molecule has 0 saturated heterocycles. The number of nitrogens with zero attached hydrogens (tertiary/aromatic N) is 2. The number of aromatic carboxylic acids is 1. The van der Waals surface area contributed by atoms with E-state index in [1.54, 1.807) is 43.5 Å². The van der Waals surface area contributed by atoms with E-state index in [1.165, 1.54) is 0 Å². The van der Waals surface area contributed by atoms with E-state index < -0.39 is 11.6 Å². The Morgan fingerprint density at radius 1 is 1.09 bits per heavy atom. The SMILES string of the molecule is Cc1ccc(Cn2c(Cl)nc(C#CC(C)(C)O)c2C(=O)CCc2ccc(C(=O)O)c(C)c2)cc1. The molecule has 0 atom stereocenters. The summed E-state index contributed by atoms with van der Waals surface area (Å²) in [6.07, 6.45) is 0.588. The van der Waals surface area contributed by atoms with Crippen LogP contribution in [0.1, 0.15) is 69.1 Å². The van der Waals surface area contributed by atoms with Crippen LogP contribution in [0.2, 0.25) is 5.28 Å². The number of aryl methyl sites for hydroxylation is 3. The Labute approximate surface area is 204 Å². The number of ketones is 1. The number of rotatable bonds is 7. The van der Waals surface area contributed by atoms with Gasteiger partial charge >= 0.3 is 5.97 Å². The van der Waals surface area contributed by atoms with E-state index in [2.05, 4.69) is 16.8 Å². The maximum atomic E-state index is 13.4. The second-order valence-corrected chi connectivity index (χ2v) is 9.17. The van der Waals surface area contributed by atoms with Crippen molar-refractivity contribution < 1.29 is 19.8 Å². The number of benzene rings is 2. The summed E-state index contributed by atoms with van der Waals surface area (Å²) >= 11 is 6.42. The minimum Gasteiger partial charge on any atom is -0.478 e. The Morgan fingerprint density at radius 2 is 1.74 bits per heavy atom. The Kier molecular flexibility index (Phi) is 7.61. The van der Waals surface area contributed by atoms with Crippen molar-refractivity contribution in [2.24, 2.45) is 0 Å². The molecule has 0 saturated carbocycles. The van der Waals surface area contributed by atoms with Crippen LogP contribution in [0.25, 0.3) is 0 Å². The highest BCUT2D eigenvalue weighted by atomic mass is 35.5. The van der Waals surface area contributed by atoms with Crippen LogP contribution in [-0.4, -0.2) is 37.1 Å². The van der Waals surface area contributed by atoms with Crippen molar-refractivity contribution in [3.05, 3.63) is 87.0 Å². The van der Waals surface area contributed by atoms with Gasteiger partial charge in [-0.2, -0.15) is 0 Å². The summed E-state index contributed by atoms with van der Waals surface area (Å²) in [5, 5.41) is 19.4. The highest BCUT2D eigenvalue weighted by Crippen LogP contribution is 2.22. The van der Waals surface area contributed by atoms with E-state index in [9.17, 15) is 19.8 Å². The quantitative estimate of drug-likeness (QED) is 0.374. The second kappa shape index (κ2) is 10.3. The third-order valence-corrected chi connectivity index (χ3v) is 5.58. The van der Waals surface area contributed by atoms with Crippen LogP contribution in [0.3, 0.4) is 0 Å². The molecule has 0 fully saturated rings. The first-order valence-electron chi connectivity index (χ1n) is 10.9. The van der Waals surface area contributed by atoms with Crippen LogP contribution in [0.5, 0.6) is 0 Å². The van der Waals surface area contributed by atoms with Gasteiger partial charge in [-0.05, 0) is 74.4 Å². The molecule has 0 aliphatic rings. The number of imidazole rings is 1. The van der Waals surface area contributed by atoms with Gasteiger partial charge in [0.1, 0.15) is 17.0 Å². The fourth-order valence-electron chi connectivity index (χ4n) is 3.53. The summed E-state index contributed by atoms with van der Waals surface area (Å²) in [5.41, 5.74) is 3.08. The molecule has 6 nitrogen and oxygen atoms in total. The predicted molar refractivity (Wildman–Crippen MR) is 131 cm³/mol. The molecule has 2 aromatic carbocycles. The third kappa shape index (κ3) is 6.34. The molecule has 2 N–H and O–H groups in total. The fraction of sp³-hybridized carbons (Fsp3) is 0.296. The lowest BCUT2D eigenvalue weighted by atomic mass is 10.00. The molecule has 3 rings (SSSR count). The van der Waals surface area contributed by atoms with Gasteiger partial charge in [0.05, 0.1) is 12.1 Å². The summed E-state index contributed by atoms with van der Waals surface area (Å²) < 4.78 is 1.64. The van der Waals surface area contributed by atoms with Crippen molar-refractivity contribution in [3.63, 3.8) is 0 Å². The largest absolute Gasteiger partial charge is 0.478 e. The molecule has 0 spiro atoms. The monoisotopic (exact) mass is 478 g/mol. The zero-order valence-corrected chi connectivity index (χ0v) is 20.4. The maximum absolute atomic E-state index is 13.4. The Hall–Kier alpha value is -3.40. The molecular weight excluding hydrogens is 452 g/mol. The van der Waals surface area contributed by atoms with E-state index in [4.69, 9.17) is 11.6 Å². The molecule has 1 heterocycles. The maximum Gasteiger partial charge on any atom is 0.335 e. The van der Waals surface area contributed by atoms with Crippen molar-refractivity contribution >= 4 is 23.4 Å². The molecule has 0 radical (unpaired) electrons. The first kappa shape index (κ1) is 25.2. The van der Waals surface area contributed by atoms with Crippen molar-refractivity contribution in [2.75, 3.05) is 0 Å². The Bertz CT molecular complexity index is 1290. The summed E-state index contributed by atoms with van der Waals surface area (Å²) in [5.74, 6) is 4.35. The van der Waals surface area contributed by atoms with Crippen LogP contribution >= 0.6 is 11.6 Å². The smallest absolute Gasteiger partial charge is 0.335 e. The minimum atomic E-state index is -1.25. The first-order valence-corrected chi connectivity index (χ1v) is 11.3. The zero-order valence-electron chi connectivity index (χ0n) is 19.6. The number of aromatic nitrogens is 2. The lowest BCUT2D eigenvalue weighted by Gasteiger charge is -2.11. The molecule has 0 aliphatic heterocycles. The van der Waals surface area contributed by atoms with Crippen molar-refractivity contribution in [1.82, 2.24) is 9.55 Å². The molecule has 3 aromatic rings. The van der Waals surface area contributed by atoms with Crippen LogP contribution in [0.15, 0.2) is 42.5 Å². The van der Waals surface area contributed by atoms with Crippen LogP contribution in [0, 0.1) is 25.7 Å². The highest BCUT2D eigenvalue weighted by molar-refractivity contribution is 6.29. The van der Waals surface area contributed by atoms with Gasteiger partial charge in [-0.3, -0.25) is 4.79 Å². The summed E-state index contributed by atoms with van der Waals surface area (Å²) in [7, 11) is 0. The summed E-state index contributed by atoms with van der Waals surface area (Å²) in [6.45, 7) is 7.18. The van der Waals surface area contributed by atoms with Crippen LogP contribution in [-0.2, 0) is 13.0 Å². The van der Waals surface area contributed by atoms with Gasteiger partial charge < -0.3 is 14.8 Å². The Morgan fingerprint density at radius 3 is 2.32 bits per heavy atom. The van der Waals surface area contributed by atoms with E-state index in [-0.39, 0.29) is 28.7 Å². The second-order valence-electron chi connectivity index (χ2n) is 8.84. The predicted octanol–water partition coefficient (Wildman–Crippen LogP) is 4.84. The highest BCUT2D eigenvalue weighted by Gasteiger charge is 2.22. The molecule has 0 bridgehead atoms. The van der Waals surface area contributed by atoms with Gasteiger partial charge in [0.2, 0.25) is 5.28 Å². The van der Waals surface area contributed by atoms with Gasteiger partial charge in [0.15, 0.2) is 5.78 Å². The standard InChI is InChI=1S/C27H27ClN2O4/c1-17-5-7-20(8-6-17)16-30-24(22(29-26(30)28)13-14-27(3,4)34)23(31)12-10-19-9-11-21(25(32)33)18(2)15-19/h5-9,11,15,34H,10,12,16H2,1-4H3,(H,32,33). The van der Waals surface area contributed by atoms with Gasteiger partial charge in [0, 0.05) is 6.42 Å². The topological polar surface area (TPSA) is 92.4 Å². The van der Waals surface area contributed by atoms with Gasteiger partial charge in [-0.25, -0.2) is 9.78 Å². The number of carboxylic acid groups (broad SMARTS) is 1. The number of hydrogen-bond acceptors (Lipinski definition) is 4. The number of carbonyl (C=O) groups excluding carboxylic acids is 1. The molecule has 176 valence electrons. The summed E-state index contributed by atoms with van der Waals surface area (Å²) in [4.78, 5) is 28.9. The lowest BCUT2D eigenvalue weighted by molar-refractivity contribution is 0.0695. The molecule has 34 heavy (non-hydrogen) atoms. The van der Waals surface area contributed by atoms with Gasteiger partial charge in [-0.15, -0.1) is 0 Å². The Balaban J connectivity index is 1.93. The van der Waals surface area contributed by atoms with E-state index >= 15 is 0 Å². The number of Topliss-reactive ketones (excluding diaryl/α,β-unsaturated/α-hetero) is 1. The first-order chi connectivity index (χ1) is 15.9. The van der Waals surface area contributed by atoms with Crippen LogP contribution in [0.4, 0.5) is 0 Å². The zero-order chi connectivity index (χ0) is 25.0. The number of carboxylic acids is 1. The van der Waals surface area contributed by atoms with Gasteiger partial charge in [0.25, 0.3) is 0 Å². The average Bonchev–Trinajstić information content (AvgIpc) is 3.06. The van der Waals surface area contributed by atoms with Crippen LogP contribution < -0.4 is 0 Å². The molecule has 1 aromatic heterocycles. The van der Waals surface area contributed by atoms with Crippen molar-refractivity contribution in [2.45, 2.75) is 52.7 Å². The molecule has 0 amide bonds. The van der Waals surface area contributed by atoms with Crippen molar-refractivity contribution in [1.29, 1.82) is 0 Å². The third-order valence-electron chi connectivity index (χ3n) is 5.30. The summed E-state index contributed by atoms with van der Waals surface area (Å²) in [6, 6.07) is 13.0. The van der Waals surface area contributed by atoms with Gasteiger partial charge in [-0.1, -0.05) is 47.9 Å². The molecular formula is C27H27ClN2O4. The lowest BCUT2D eigenvalue weighted by Crippen LogP contribution is -2.15. The van der Waals surface area contributed by atoms with E-state index in [0.717, 1.165) is 16.7 Å². The minimum absolute atomic E-state index is 0.144. The van der Waals surface area contributed by atoms with Crippen molar-refractivity contribution in [3.8, 4) is 11.8 Å². The number of carbonyl (C=O) groups is 2. The average molecular weight is 479 g/mol. The normalized spacial score (nSPS) is 11.1. The number of halogens is 1. The number of hydrogen-bond donors (Lipinski definition) is 2. The van der Waals surface area contributed by atoms with E-state index in [0.29, 0.717) is 24.2 Å². The molecule has 0 unspecified atom stereocenters. The molecule has 0 aliphatic carbocycles.